The van der Waals surface area contributed by atoms with E-state index in [0.717, 1.165) is 0 Å². The van der Waals surface area contributed by atoms with Crippen molar-refractivity contribution in [3.63, 3.8) is 0 Å². The van der Waals surface area contributed by atoms with Crippen molar-refractivity contribution >= 4 is 21.7 Å². The van der Waals surface area contributed by atoms with Crippen LogP contribution in [-0.2, 0) is 5.54 Å². The second-order valence-electron chi connectivity index (χ2n) is 3.75. The summed E-state index contributed by atoms with van der Waals surface area (Å²) in [6.07, 6.45) is 0. The van der Waals surface area contributed by atoms with Crippen LogP contribution in [-0.4, -0.2) is 9.78 Å². The lowest BCUT2D eigenvalue weighted by molar-refractivity contribution is 0.360. The van der Waals surface area contributed by atoms with Gasteiger partial charge in [-0.25, -0.2) is 4.68 Å². The molecular formula is C8H11BrN4. The van der Waals surface area contributed by atoms with E-state index >= 15 is 0 Å². The zero-order valence-electron chi connectivity index (χ0n) is 7.80. The molecular weight excluding hydrogens is 232 g/mol. The van der Waals surface area contributed by atoms with E-state index in [-0.39, 0.29) is 5.54 Å². The molecule has 0 radical (unpaired) electrons. The van der Waals surface area contributed by atoms with Gasteiger partial charge in [-0.15, -0.1) is 0 Å². The summed E-state index contributed by atoms with van der Waals surface area (Å²) in [5, 5.41) is 12.9. The lowest BCUT2D eigenvalue weighted by Gasteiger charge is -2.20. The van der Waals surface area contributed by atoms with Crippen LogP contribution in [0, 0.1) is 11.3 Å². The van der Waals surface area contributed by atoms with Crippen molar-refractivity contribution < 1.29 is 0 Å². The Bertz CT molecular complexity index is 367. The molecule has 0 fully saturated rings. The Morgan fingerprint density at radius 1 is 1.54 bits per heavy atom. The Morgan fingerprint density at radius 3 is 2.31 bits per heavy atom. The summed E-state index contributed by atoms with van der Waals surface area (Å²) in [6, 6.07) is 2.00. The fourth-order valence-corrected chi connectivity index (χ4v) is 1.47. The van der Waals surface area contributed by atoms with Gasteiger partial charge in [0.25, 0.3) is 0 Å². The summed E-state index contributed by atoms with van der Waals surface area (Å²) in [6.45, 7) is 5.93. The van der Waals surface area contributed by atoms with Gasteiger partial charge in [0.1, 0.15) is 22.1 Å². The van der Waals surface area contributed by atoms with Crippen LogP contribution in [0.3, 0.4) is 0 Å². The third kappa shape index (κ3) is 1.68. The van der Waals surface area contributed by atoms with E-state index in [1.54, 1.807) is 4.68 Å². The maximum absolute atomic E-state index is 8.76. The van der Waals surface area contributed by atoms with Gasteiger partial charge >= 0.3 is 0 Å². The first-order chi connectivity index (χ1) is 5.88. The van der Waals surface area contributed by atoms with Crippen LogP contribution in [0.25, 0.3) is 0 Å². The molecule has 0 unspecified atom stereocenters. The van der Waals surface area contributed by atoms with Gasteiger partial charge in [0.2, 0.25) is 0 Å². The smallest absolute Gasteiger partial charge is 0.148 e. The second kappa shape index (κ2) is 3.04. The summed E-state index contributed by atoms with van der Waals surface area (Å²) in [5.41, 5.74) is 5.94. The van der Waals surface area contributed by atoms with Crippen LogP contribution < -0.4 is 5.73 Å². The average Bonchev–Trinajstić information content (AvgIpc) is 2.25. The Labute approximate surface area is 85.5 Å². The maximum Gasteiger partial charge on any atom is 0.148 e. The van der Waals surface area contributed by atoms with Gasteiger partial charge in [-0.2, -0.15) is 10.4 Å². The Kier molecular flexibility index (Phi) is 2.35. The van der Waals surface area contributed by atoms with Gasteiger partial charge in [-0.05, 0) is 36.7 Å². The SMILES string of the molecule is CC(C)(C)n1nc(Br)c(C#N)c1N. The van der Waals surface area contributed by atoms with Crippen molar-refractivity contribution in [2.24, 2.45) is 0 Å². The van der Waals surface area contributed by atoms with Crippen molar-refractivity contribution in [2.45, 2.75) is 26.3 Å². The van der Waals surface area contributed by atoms with Crippen LogP contribution in [0.15, 0.2) is 4.60 Å². The second-order valence-corrected chi connectivity index (χ2v) is 4.50. The zero-order valence-corrected chi connectivity index (χ0v) is 9.38. The predicted molar refractivity (Wildman–Crippen MR) is 54.1 cm³/mol. The molecule has 0 bridgehead atoms. The summed E-state index contributed by atoms with van der Waals surface area (Å²) in [7, 11) is 0. The van der Waals surface area contributed by atoms with Crippen molar-refractivity contribution in [2.75, 3.05) is 5.73 Å². The van der Waals surface area contributed by atoms with E-state index in [4.69, 9.17) is 11.0 Å². The number of nitrogen functional groups attached to an aromatic ring is 1. The maximum atomic E-state index is 8.76. The molecule has 0 atom stereocenters. The van der Waals surface area contributed by atoms with E-state index in [1.807, 2.05) is 26.8 Å². The molecule has 1 rings (SSSR count). The molecule has 0 aliphatic carbocycles. The first kappa shape index (κ1) is 10.1. The van der Waals surface area contributed by atoms with Crippen molar-refractivity contribution in [3.8, 4) is 6.07 Å². The predicted octanol–water partition coefficient (Wildman–Crippen LogP) is 1.85. The molecule has 0 amide bonds. The van der Waals surface area contributed by atoms with E-state index in [1.165, 1.54) is 0 Å². The molecule has 1 heterocycles. The Balaban J connectivity index is 3.37. The molecule has 0 aromatic carbocycles. The summed E-state index contributed by atoms with van der Waals surface area (Å²) in [4.78, 5) is 0. The molecule has 4 nitrogen and oxygen atoms in total. The fourth-order valence-electron chi connectivity index (χ4n) is 1.02. The number of hydrogen-bond acceptors (Lipinski definition) is 3. The molecule has 0 aliphatic rings. The normalized spacial score (nSPS) is 11.3. The van der Waals surface area contributed by atoms with Gasteiger partial charge in [0.05, 0.1) is 5.54 Å². The molecule has 1 aromatic rings. The van der Waals surface area contributed by atoms with Crippen molar-refractivity contribution in [1.82, 2.24) is 9.78 Å². The van der Waals surface area contributed by atoms with Crippen LogP contribution in [0.5, 0.6) is 0 Å². The van der Waals surface area contributed by atoms with Gasteiger partial charge in [-0.3, -0.25) is 0 Å². The molecule has 0 saturated carbocycles. The highest BCUT2D eigenvalue weighted by atomic mass is 79.9. The molecule has 2 N–H and O–H groups in total. The van der Waals surface area contributed by atoms with E-state index < -0.39 is 0 Å². The number of nitrogens with zero attached hydrogens (tertiary/aromatic N) is 3. The molecule has 0 spiro atoms. The minimum atomic E-state index is -0.207. The summed E-state index contributed by atoms with van der Waals surface area (Å²) < 4.78 is 2.14. The number of halogens is 1. The topological polar surface area (TPSA) is 67.6 Å². The highest BCUT2D eigenvalue weighted by molar-refractivity contribution is 9.10. The van der Waals surface area contributed by atoms with Crippen molar-refractivity contribution in [3.05, 3.63) is 10.2 Å². The molecule has 13 heavy (non-hydrogen) atoms. The minimum Gasteiger partial charge on any atom is -0.383 e. The van der Waals surface area contributed by atoms with Crippen LogP contribution in [0.1, 0.15) is 26.3 Å². The van der Waals surface area contributed by atoms with E-state index in [9.17, 15) is 0 Å². The first-order valence-corrected chi connectivity index (χ1v) is 4.62. The molecule has 5 heteroatoms. The number of nitriles is 1. The first-order valence-electron chi connectivity index (χ1n) is 3.82. The minimum absolute atomic E-state index is 0.207. The lowest BCUT2D eigenvalue weighted by Crippen LogP contribution is -2.24. The van der Waals surface area contributed by atoms with Crippen LogP contribution in [0.2, 0.25) is 0 Å². The lowest BCUT2D eigenvalue weighted by atomic mass is 10.1. The zero-order chi connectivity index (χ0) is 10.2. The van der Waals surface area contributed by atoms with Gasteiger partial charge in [0.15, 0.2) is 0 Å². The van der Waals surface area contributed by atoms with Gasteiger partial charge in [-0.1, -0.05) is 0 Å². The number of aromatic nitrogens is 2. The fraction of sp³-hybridized carbons (Fsp3) is 0.500. The summed E-state index contributed by atoms with van der Waals surface area (Å²) in [5.74, 6) is 0.405. The number of nitrogens with two attached hydrogens (primary N) is 1. The third-order valence-electron chi connectivity index (χ3n) is 1.63. The van der Waals surface area contributed by atoms with Gasteiger partial charge < -0.3 is 5.73 Å². The molecule has 0 aliphatic heterocycles. The molecule has 1 aromatic heterocycles. The van der Waals surface area contributed by atoms with E-state index in [2.05, 4.69) is 21.0 Å². The quantitative estimate of drug-likeness (QED) is 0.756. The monoisotopic (exact) mass is 242 g/mol. The average molecular weight is 243 g/mol. The van der Waals surface area contributed by atoms with Crippen molar-refractivity contribution in [1.29, 1.82) is 5.26 Å². The highest BCUT2D eigenvalue weighted by Gasteiger charge is 2.21. The number of hydrogen-bond donors (Lipinski definition) is 1. The summed E-state index contributed by atoms with van der Waals surface area (Å²) >= 11 is 3.19. The van der Waals surface area contributed by atoms with Crippen LogP contribution in [0.4, 0.5) is 5.82 Å². The number of anilines is 1. The Morgan fingerprint density at radius 2 is 2.08 bits per heavy atom. The molecule has 70 valence electrons. The Hall–Kier alpha value is -1.02. The molecule has 0 saturated heterocycles. The highest BCUT2D eigenvalue weighted by Crippen LogP contribution is 2.26. The van der Waals surface area contributed by atoms with Gasteiger partial charge in [0, 0.05) is 0 Å². The standard InChI is InChI=1S/C8H11BrN4/c1-8(2,3)13-7(11)5(4-10)6(9)12-13/h11H2,1-3H3. The largest absolute Gasteiger partial charge is 0.383 e. The van der Waals surface area contributed by atoms with E-state index in [0.29, 0.717) is 16.0 Å². The van der Waals surface area contributed by atoms with Crippen LogP contribution >= 0.6 is 15.9 Å². The third-order valence-corrected chi connectivity index (χ3v) is 2.18. The number of rotatable bonds is 0.